The van der Waals surface area contributed by atoms with Crippen molar-refractivity contribution in [3.63, 3.8) is 0 Å². The fraction of sp³-hybridized carbons (Fsp3) is 0.375. The highest BCUT2D eigenvalue weighted by atomic mass is 16.5. The van der Waals surface area contributed by atoms with Gasteiger partial charge in [-0.05, 0) is 44.9 Å². The lowest BCUT2D eigenvalue weighted by Gasteiger charge is -2.18. The Bertz CT molecular complexity index is 714. The van der Waals surface area contributed by atoms with Crippen LogP contribution >= 0.6 is 0 Å². The maximum atomic E-state index is 11.2. The van der Waals surface area contributed by atoms with Gasteiger partial charge in [0.15, 0.2) is 0 Å². The van der Waals surface area contributed by atoms with E-state index in [1.807, 2.05) is 0 Å². The second kappa shape index (κ2) is 4.70. The van der Waals surface area contributed by atoms with Gasteiger partial charge in [-0.3, -0.25) is 0 Å². The maximum absolute atomic E-state index is 11.2. The molecule has 1 aromatic heterocycles. The summed E-state index contributed by atoms with van der Waals surface area (Å²) in [6, 6.07) is 6.54. The van der Waals surface area contributed by atoms with E-state index in [2.05, 4.69) is 4.98 Å². The number of ether oxygens (including phenoxy) is 1. The molecule has 0 atom stereocenters. The molecule has 3 rings (SSSR count). The second-order valence-electron chi connectivity index (χ2n) is 5.92. The normalized spacial score (nSPS) is 15.2. The third-order valence-electron chi connectivity index (χ3n) is 3.45. The highest BCUT2D eigenvalue weighted by molar-refractivity contribution is 5.96. The summed E-state index contributed by atoms with van der Waals surface area (Å²) in [7, 11) is 0. The molecule has 5 heteroatoms. The Balaban J connectivity index is 2.18. The van der Waals surface area contributed by atoms with Crippen molar-refractivity contribution in [2.45, 2.75) is 38.4 Å². The number of carboxylic acids is 1. The molecule has 0 amide bonds. The van der Waals surface area contributed by atoms with Gasteiger partial charge in [-0.25, -0.2) is 9.78 Å². The molecule has 1 saturated carbocycles. The standard InChI is InChI=1S/C16H17NO4/c1-16(2,20)13-6-3-9-7-10(15(18)19)8-12(14(9)17-13)21-11-4-5-11/h3,6-8,11,20H,4-5H2,1-2H3,(H,18,19). The van der Waals surface area contributed by atoms with Crippen LogP contribution in [-0.2, 0) is 5.60 Å². The van der Waals surface area contributed by atoms with E-state index in [1.54, 1.807) is 32.0 Å². The van der Waals surface area contributed by atoms with Gasteiger partial charge in [0.25, 0.3) is 0 Å². The molecule has 21 heavy (non-hydrogen) atoms. The van der Waals surface area contributed by atoms with E-state index in [-0.39, 0.29) is 11.7 Å². The number of rotatable bonds is 4. The minimum atomic E-state index is -1.06. The Morgan fingerprint density at radius 2 is 2.05 bits per heavy atom. The topological polar surface area (TPSA) is 79.7 Å². The van der Waals surface area contributed by atoms with E-state index in [0.717, 1.165) is 12.8 Å². The van der Waals surface area contributed by atoms with Gasteiger partial charge in [-0.1, -0.05) is 6.07 Å². The van der Waals surface area contributed by atoms with Gasteiger partial charge in [-0.2, -0.15) is 0 Å². The molecule has 1 aliphatic carbocycles. The zero-order valence-electron chi connectivity index (χ0n) is 12.0. The van der Waals surface area contributed by atoms with Gasteiger partial charge in [0.1, 0.15) is 16.9 Å². The van der Waals surface area contributed by atoms with Gasteiger partial charge < -0.3 is 14.9 Å². The number of fused-ring (bicyclic) bond motifs is 1. The summed E-state index contributed by atoms with van der Waals surface area (Å²) in [5.74, 6) is -0.525. The van der Waals surface area contributed by atoms with Crippen LogP contribution in [0.1, 0.15) is 42.7 Å². The number of carbonyl (C=O) groups is 1. The lowest BCUT2D eigenvalue weighted by molar-refractivity contribution is 0.0694. The Kier molecular flexibility index (Phi) is 3.10. The Hall–Kier alpha value is -2.14. The van der Waals surface area contributed by atoms with Crippen LogP contribution in [-0.4, -0.2) is 27.3 Å². The number of aromatic nitrogens is 1. The van der Waals surface area contributed by atoms with E-state index in [4.69, 9.17) is 4.74 Å². The molecule has 0 bridgehead atoms. The van der Waals surface area contributed by atoms with Crippen LogP contribution in [0.15, 0.2) is 24.3 Å². The zero-order chi connectivity index (χ0) is 15.2. The summed E-state index contributed by atoms with van der Waals surface area (Å²) >= 11 is 0. The van der Waals surface area contributed by atoms with Crippen molar-refractivity contribution in [1.29, 1.82) is 0 Å². The third kappa shape index (κ3) is 2.83. The fourth-order valence-corrected chi connectivity index (χ4v) is 2.12. The van der Waals surface area contributed by atoms with Crippen molar-refractivity contribution >= 4 is 16.9 Å². The van der Waals surface area contributed by atoms with Crippen LogP contribution < -0.4 is 4.74 Å². The number of hydrogen-bond acceptors (Lipinski definition) is 4. The molecule has 2 aromatic rings. The van der Waals surface area contributed by atoms with Crippen molar-refractivity contribution in [3.05, 3.63) is 35.5 Å². The number of aromatic carboxylic acids is 1. The number of aliphatic hydroxyl groups is 1. The Morgan fingerprint density at radius 1 is 1.33 bits per heavy atom. The molecule has 110 valence electrons. The van der Waals surface area contributed by atoms with Crippen LogP contribution in [0.2, 0.25) is 0 Å². The number of nitrogens with zero attached hydrogens (tertiary/aromatic N) is 1. The maximum Gasteiger partial charge on any atom is 0.335 e. The number of carboxylic acid groups (broad SMARTS) is 1. The molecule has 1 fully saturated rings. The summed E-state index contributed by atoms with van der Waals surface area (Å²) in [6.45, 7) is 3.32. The second-order valence-corrected chi connectivity index (χ2v) is 5.92. The molecular weight excluding hydrogens is 270 g/mol. The molecule has 0 unspecified atom stereocenters. The van der Waals surface area contributed by atoms with Crippen LogP contribution in [0.25, 0.3) is 10.9 Å². The first-order valence-corrected chi connectivity index (χ1v) is 6.92. The van der Waals surface area contributed by atoms with E-state index in [9.17, 15) is 15.0 Å². The smallest absolute Gasteiger partial charge is 0.335 e. The lowest BCUT2D eigenvalue weighted by atomic mass is 10.0. The first kappa shape index (κ1) is 13.8. The summed E-state index contributed by atoms with van der Waals surface area (Å²) < 4.78 is 5.79. The minimum Gasteiger partial charge on any atom is -0.488 e. The largest absolute Gasteiger partial charge is 0.488 e. The molecule has 5 nitrogen and oxygen atoms in total. The first-order chi connectivity index (χ1) is 9.84. The van der Waals surface area contributed by atoms with Gasteiger partial charge in [0.2, 0.25) is 0 Å². The molecule has 0 saturated heterocycles. The third-order valence-corrected chi connectivity index (χ3v) is 3.45. The van der Waals surface area contributed by atoms with Crippen molar-refractivity contribution in [2.75, 3.05) is 0 Å². The van der Waals surface area contributed by atoms with Crippen molar-refractivity contribution < 1.29 is 19.7 Å². The monoisotopic (exact) mass is 287 g/mol. The molecule has 0 spiro atoms. The van der Waals surface area contributed by atoms with Crippen LogP contribution in [0.5, 0.6) is 5.75 Å². The molecule has 1 heterocycles. The van der Waals surface area contributed by atoms with Gasteiger partial charge in [-0.15, -0.1) is 0 Å². The Morgan fingerprint density at radius 3 is 2.62 bits per heavy atom. The number of hydrogen-bond donors (Lipinski definition) is 2. The van der Waals surface area contributed by atoms with Gasteiger partial charge in [0.05, 0.1) is 17.4 Å². The average Bonchev–Trinajstić information content (AvgIpc) is 3.20. The van der Waals surface area contributed by atoms with Crippen LogP contribution in [0, 0.1) is 0 Å². The molecule has 2 N–H and O–H groups in total. The zero-order valence-corrected chi connectivity index (χ0v) is 12.0. The molecular formula is C16H17NO4. The highest BCUT2D eigenvalue weighted by Gasteiger charge is 2.26. The van der Waals surface area contributed by atoms with Crippen LogP contribution in [0.3, 0.4) is 0 Å². The lowest BCUT2D eigenvalue weighted by Crippen LogP contribution is -2.17. The van der Waals surface area contributed by atoms with Gasteiger partial charge >= 0.3 is 5.97 Å². The first-order valence-electron chi connectivity index (χ1n) is 6.92. The SMILES string of the molecule is CC(C)(O)c1ccc2cc(C(=O)O)cc(OC3CC3)c2n1. The summed E-state index contributed by atoms with van der Waals surface area (Å²) in [5, 5.41) is 20.0. The molecule has 0 aliphatic heterocycles. The summed E-state index contributed by atoms with van der Waals surface area (Å²) in [4.78, 5) is 15.7. The predicted octanol–water partition coefficient (Wildman–Crippen LogP) is 2.70. The van der Waals surface area contributed by atoms with Crippen molar-refractivity contribution in [2.24, 2.45) is 0 Å². The number of pyridine rings is 1. The number of benzene rings is 1. The highest BCUT2D eigenvalue weighted by Crippen LogP contribution is 2.33. The predicted molar refractivity (Wildman–Crippen MR) is 77.6 cm³/mol. The minimum absolute atomic E-state index is 0.143. The van der Waals surface area contributed by atoms with E-state index >= 15 is 0 Å². The van der Waals surface area contributed by atoms with Crippen LogP contribution in [0.4, 0.5) is 0 Å². The van der Waals surface area contributed by atoms with Crippen molar-refractivity contribution in [3.8, 4) is 5.75 Å². The van der Waals surface area contributed by atoms with Gasteiger partial charge in [0, 0.05) is 5.39 Å². The average molecular weight is 287 g/mol. The molecule has 1 aromatic carbocycles. The van der Waals surface area contributed by atoms with E-state index < -0.39 is 11.6 Å². The quantitative estimate of drug-likeness (QED) is 0.903. The van der Waals surface area contributed by atoms with E-state index in [1.165, 1.54) is 6.07 Å². The van der Waals surface area contributed by atoms with E-state index in [0.29, 0.717) is 22.3 Å². The fourth-order valence-electron chi connectivity index (χ4n) is 2.12. The molecule has 1 aliphatic rings. The summed E-state index contributed by atoms with van der Waals surface area (Å²) in [5.41, 5.74) is 0.234. The van der Waals surface area contributed by atoms with Crippen molar-refractivity contribution in [1.82, 2.24) is 4.98 Å². The summed E-state index contributed by atoms with van der Waals surface area (Å²) in [6.07, 6.45) is 2.10. The Labute approximate surface area is 122 Å². The molecule has 0 radical (unpaired) electrons.